The number of halogens is 1. The lowest BCUT2D eigenvalue weighted by Crippen LogP contribution is -2.28. The van der Waals surface area contributed by atoms with Gasteiger partial charge in [-0.25, -0.2) is 4.98 Å². The molecule has 6 nitrogen and oxygen atoms in total. The van der Waals surface area contributed by atoms with E-state index >= 15 is 0 Å². The normalized spacial score (nSPS) is 22.6. The van der Waals surface area contributed by atoms with E-state index in [1.165, 1.54) is 0 Å². The first-order valence-electron chi connectivity index (χ1n) is 6.68. The smallest absolute Gasteiger partial charge is 0.204 e. The highest BCUT2D eigenvalue weighted by Crippen LogP contribution is 2.32. The molecule has 2 N–H and O–H groups in total. The molecule has 3 heterocycles. The summed E-state index contributed by atoms with van der Waals surface area (Å²) >= 11 is 3.52. The molecule has 1 fully saturated rings. The lowest BCUT2D eigenvalue weighted by Gasteiger charge is -2.15. The van der Waals surface area contributed by atoms with Gasteiger partial charge in [0.2, 0.25) is 5.76 Å². The van der Waals surface area contributed by atoms with Crippen LogP contribution >= 0.6 is 15.9 Å². The van der Waals surface area contributed by atoms with Gasteiger partial charge in [0.25, 0.3) is 0 Å². The molecular formula is C14H15BrN4O2. The van der Waals surface area contributed by atoms with Crippen molar-refractivity contribution in [3.63, 3.8) is 0 Å². The van der Waals surface area contributed by atoms with Crippen LogP contribution in [0.3, 0.4) is 0 Å². The zero-order chi connectivity index (χ0) is 15.0. The molecular weight excluding hydrogens is 336 g/mol. The van der Waals surface area contributed by atoms with Gasteiger partial charge < -0.3 is 14.8 Å². The molecule has 0 spiro atoms. The number of aromatic nitrogens is 1. The number of aliphatic hydroxyl groups is 1. The van der Waals surface area contributed by atoms with Gasteiger partial charge in [-0.1, -0.05) is 0 Å². The predicted molar refractivity (Wildman–Crippen MR) is 82.0 cm³/mol. The van der Waals surface area contributed by atoms with E-state index in [2.05, 4.69) is 31.1 Å². The van der Waals surface area contributed by atoms with E-state index in [1.807, 2.05) is 13.1 Å². The van der Waals surface area contributed by atoms with Crippen molar-refractivity contribution >= 4 is 32.7 Å². The molecule has 110 valence electrons. The van der Waals surface area contributed by atoms with Gasteiger partial charge in [-0.15, -0.1) is 0 Å². The molecule has 0 saturated carbocycles. The lowest BCUT2D eigenvalue weighted by molar-refractivity contribution is 0.182. The number of furan rings is 1. The molecule has 1 aliphatic heterocycles. The van der Waals surface area contributed by atoms with E-state index in [-0.39, 0.29) is 24.5 Å². The minimum Gasteiger partial charge on any atom is -0.444 e. The summed E-state index contributed by atoms with van der Waals surface area (Å²) < 4.78 is 6.14. The van der Waals surface area contributed by atoms with Gasteiger partial charge in [0, 0.05) is 30.1 Å². The number of rotatable bonds is 3. The van der Waals surface area contributed by atoms with Crippen LogP contribution in [-0.2, 0) is 0 Å². The first kappa shape index (κ1) is 14.3. The molecule has 0 unspecified atom stereocenters. The number of likely N-dealkylation sites (tertiary alicyclic amines) is 1. The second-order valence-electron chi connectivity index (χ2n) is 5.27. The van der Waals surface area contributed by atoms with Crippen molar-refractivity contribution < 1.29 is 9.52 Å². The van der Waals surface area contributed by atoms with Crippen LogP contribution < -0.4 is 5.32 Å². The molecule has 2 aromatic heterocycles. The van der Waals surface area contributed by atoms with Gasteiger partial charge in [0.1, 0.15) is 11.9 Å². The average Bonchev–Trinajstić information content (AvgIpc) is 3.05. The highest BCUT2D eigenvalue weighted by molar-refractivity contribution is 9.10. The molecule has 0 bridgehead atoms. The van der Waals surface area contributed by atoms with Crippen molar-refractivity contribution in [2.24, 2.45) is 0 Å². The summed E-state index contributed by atoms with van der Waals surface area (Å²) in [5.41, 5.74) is 0.584. The topological polar surface area (TPSA) is 85.3 Å². The van der Waals surface area contributed by atoms with Crippen molar-refractivity contribution in [1.29, 1.82) is 5.26 Å². The highest BCUT2D eigenvalue weighted by atomic mass is 79.9. The fraction of sp³-hybridized carbons (Fsp3) is 0.429. The first-order valence-corrected chi connectivity index (χ1v) is 7.47. The Bertz CT molecular complexity index is 709. The Kier molecular flexibility index (Phi) is 3.85. The molecule has 21 heavy (non-hydrogen) atoms. The van der Waals surface area contributed by atoms with Crippen LogP contribution in [0.2, 0.25) is 0 Å². The molecule has 0 amide bonds. The van der Waals surface area contributed by atoms with E-state index in [4.69, 9.17) is 9.68 Å². The van der Waals surface area contributed by atoms with Crippen molar-refractivity contribution in [3.05, 3.63) is 22.5 Å². The number of nitriles is 1. The van der Waals surface area contributed by atoms with Gasteiger partial charge >= 0.3 is 0 Å². The number of likely N-dealkylation sites (N-methyl/N-ethyl adjacent to an activating group) is 1. The van der Waals surface area contributed by atoms with E-state index in [1.54, 1.807) is 12.3 Å². The van der Waals surface area contributed by atoms with E-state index in [9.17, 15) is 5.11 Å². The Balaban J connectivity index is 1.85. The van der Waals surface area contributed by atoms with E-state index < -0.39 is 0 Å². The Morgan fingerprint density at radius 2 is 2.48 bits per heavy atom. The maximum absolute atomic E-state index is 9.31. The van der Waals surface area contributed by atoms with Gasteiger partial charge in [0.15, 0.2) is 5.58 Å². The largest absolute Gasteiger partial charge is 0.444 e. The first-order chi connectivity index (χ1) is 10.1. The summed E-state index contributed by atoms with van der Waals surface area (Å²) in [4.78, 5) is 6.49. The summed E-state index contributed by atoms with van der Waals surface area (Å²) in [6, 6.07) is 4.10. The Labute approximate surface area is 130 Å². The molecule has 0 aromatic carbocycles. The van der Waals surface area contributed by atoms with E-state index in [0.29, 0.717) is 5.58 Å². The number of nitrogens with one attached hydrogen (secondary N) is 1. The number of fused-ring (bicyclic) bond motifs is 1. The average molecular weight is 351 g/mol. The maximum atomic E-state index is 9.31. The quantitative estimate of drug-likeness (QED) is 0.879. The van der Waals surface area contributed by atoms with Gasteiger partial charge in [-0.2, -0.15) is 5.26 Å². The molecule has 2 aromatic rings. The number of aliphatic hydroxyl groups excluding tert-OH is 1. The SMILES string of the molecule is CN1C[C@H](Nc2ncc3oc(C#N)cc3c2Br)C[C@@H]1CO. The number of pyridine rings is 1. The van der Waals surface area contributed by atoms with Crippen LogP contribution in [-0.4, -0.2) is 47.3 Å². The lowest BCUT2D eigenvalue weighted by atomic mass is 10.2. The van der Waals surface area contributed by atoms with Gasteiger partial charge in [0.05, 0.1) is 17.3 Å². The molecule has 1 aliphatic rings. The molecule has 7 heteroatoms. The summed E-state index contributed by atoms with van der Waals surface area (Å²) in [7, 11) is 2.00. The Morgan fingerprint density at radius 1 is 1.67 bits per heavy atom. The predicted octanol–water partition coefficient (Wildman–Crippen LogP) is 1.94. The van der Waals surface area contributed by atoms with Crippen LogP contribution in [0.1, 0.15) is 12.2 Å². The fourth-order valence-corrected chi connectivity index (χ4v) is 3.25. The minimum absolute atomic E-state index is 0.162. The van der Waals surface area contributed by atoms with Crippen LogP contribution in [0, 0.1) is 11.3 Å². The zero-order valence-corrected chi connectivity index (χ0v) is 13.1. The van der Waals surface area contributed by atoms with Crippen molar-refractivity contribution in [2.45, 2.75) is 18.5 Å². The fourth-order valence-electron chi connectivity index (χ4n) is 2.73. The summed E-state index contributed by atoms with van der Waals surface area (Å²) in [6.07, 6.45) is 2.49. The molecule has 0 aliphatic carbocycles. The Morgan fingerprint density at radius 3 is 3.14 bits per heavy atom. The monoisotopic (exact) mass is 350 g/mol. The highest BCUT2D eigenvalue weighted by Gasteiger charge is 2.29. The van der Waals surface area contributed by atoms with Crippen molar-refractivity contribution in [2.75, 3.05) is 25.5 Å². The summed E-state index contributed by atoms with van der Waals surface area (Å²) in [6.45, 7) is 1.02. The van der Waals surface area contributed by atoms with Crippen LogP contribution in [0.5, 0.6) is 0 Å². The number of anilines is 1. The number of hydrogen-bond acceptors (Lipinski definition) is 6. The number of nitrogens with zero attached hydrogens (tertiary/aromatic N) is 3. The Hall–Kier alpha value is -1.62. The molecule has 3 rings (SSSR count). The van der Waals surface area contributed by atoms with Gasteiger partial charge in [-0.3, -0.25) is 4.90 Å². The zero-order valence-electron chi connectivity index (χ0n) is 11.5. The van der Waals surface area contributed by atoms with Crippen molar-refractivity contribution in [1.82, 2.24) is 9.88 Å². The minimum atomic E-state index is 0.162. The number of hydrogen-bond donors (Lipinski definition) is 2. The summed E-state index contributed by atoms with van der Waals surface area (Å²) in [5, 5.41) is 22.4. The standard InChI is InChI=1S/C14H15BrN4O2/c1-19-6-8(2-9(19)7-20)18-14-13(15)11-3-10(4-16)21-12(11)5-17-14/h3,5,8-9,20H,2,6-7H2,1H3,(H,17,18)/t8-,9-/m1/s1. The second-order valence-corrected chi connectivity index (χ2v) is 6.07. The van der Waals surface area contributed by atoms with E-state index in [0.717, 1.165) is 28.6 Å². The third-order valence-corrected chi connectivity index (χ3v) is 4.67. The maximum Gasteiger partial charge on any atom is 0.204 e. The van der Waals surface area contributed by atoms with Crippen LogP contribution in [0.4, 0.5) is 5.82 Å². The molecule has 2 atom stereocenters. The summed E-state index contributed by atoms with van der Waals surface area (Å²) in [5.74, 6) is 0.996. The van der Waals surface area contributed by atoms with Crippen molar-refractivity contribution in [3.8, 4) is 6.07 Å². The van der Waals surface area contributed by atoms with Crippen LogP contribution in [0.15, 0.2) is 21.2 Å². The van der Waals surface area contributed by atoms with Crippen LogP contribution in [0.25, 0.3) is 11.0 Å². The second kappa shape index (κ2) is 5.64. The third kappa shape index (κ3) is 2.62. The third-order valence-electron chi connectivity index (χ3n) is 3.87. The molecule has 1 saturated heterocycles. The van der Waals surface area contributed by atoms with Gasteiger partial charge in [-0.05, 0) is 29.4 Å². The molecule has 0 radical (unpaired) electrons.